The maximum atomic E-state index is 3.52. The van der Waals surface area contributed by atoms with Crippen molar-refractivity contribution in [3.8, 4) is 0 Å². The molecule has 1 aliphatic carbocycles. The average Bonchev–Trinajstić information content (AvgIpc) is 2.96. The van der Waals surface area contributed by atoms with Crippen LogP contribution in [0, 0.1) is 5.92 Å². The Bertz CT molecular complexity index is 143. The van der Waals surface area contributed by atoms with Gasteiger partial charge in [0, 0.05) is 19.1 Å². The maximum absolute atomic E-state index is 3.52. The molecule has 1 rings (SSSR count). The van der Waals surface area contributed by atoms with Gasteiger partial charge in [-0.05, 0) is 45.7 Å². The van der Waals surface area contributed by atoms with Gasteiger partial charge in [0.15, 0.2) is 0 Å². The van der Waals surface area contributed by atoms with Crippen LogP contribution in [-0.4, -0.2) is 37.6 Å². The van der Waals surface area contributed by atoms with Crippen molar-refractivity contribution in [2.45, 2.75) is 45.6 Å². The highest BCUT2D eigenvalue weighted by molar-refractivity contribution is 4.78. The van der Waals surface area contributed by atoms with E-state index in [0.717, 1.165) is 12.5 Å². The molecule has 1 N–H and O–H groups in total. The van der Waals surface area contributed by atoms with Crippen LogP contribution in [0.5, 0.6) is 0 Å². The minimum absolute atomic E-state index is 0.687. The fourth-order valence-corrected chi connectivity index (χ4v) is 1.66. The summed E-state index contributed by atoms with van der Waals surface area (Å²) in [5, 5.41) is 3.52. The Morgan fingerprint density at radius 1 is 1.43 bits per heavy atom. The maximum Gasteiger partial charge on any atom is 0.0189 e. The predicted octanol–water partition coefficient (Wildman–Crippen LogP) is 2.11. The van der Waals surface area contributed by atoms with Crippen LogP contribution in [0.4, 0.5) is 0 Å². The van der Waals surface area contributed by atoms with Crippen molar-refractivity contribution in [3.63, 3.8) is 0 Å². The third-order valence-corrected chi connectivity index (χ3v) is 3.14. The van der Waals surface area contributed by atoms with Crippen LogP contribution < -0.4 is 5.32 Å². The van der Waals surface area contributed by atoms with Gasteiger partial charge in [-0.15, -0.1) is 0 Å². The second-order valence-electron chi connectivity index (χ2n) is 4.79. The molecule has 0 aromatic heterocycles. The summed E-state index contributed by atoms with van der Waals surface area (Å²) in [4.78, 5) is 2.50. The van der Waals surface area contributed by atoms with Crippen LogP contribution in [0.3, 0.4) is 0 Å². The van der Waals surface area contributed by atoms with E-state index < -0.39 is 0 Å². The Hall–Kier alpha value is -0.0800. The van der Waals surface area contributed by atoms with Gasteiger partial charge >= 0.3 is 0 Å². The molecule has 0 bridgehead atoms. The molecule has 0 aromatic rings. The van der Waals surface area contributed by atoms with Crippen LogP contribution in [-0.2, 0) is 0 Å². The van der Waals surface area contributed by atoms with Crippen LogP contribution in [0.15, 0.2) is 0 Å². The summed E-state index contributed by atoms with van der Waals surface area (Å²) in [5.41, 5.74) is 0. The van der Waals surface area contributed by atoms with Gasteiger partial charge < -0.3 is 10.2 Å². The molecule has 1 saturated carbocycles. The third-order valence-electron chi connectivity index (χ3n) is 3.14. The molecule has 1 aliphatic rings. The summed E-state index contributed by atoms with van der Waals surface area (Å²) in [5.74, 6) is 1.01. The Morgan fingerprint density at radius 3 is 2.71 bits per heavy atom. The van der Waals surface area contributed by atoms with E-state index in [1.807, 2.05) is 0 Å². The number of nitrogens with one attached hydrogen (secondary N) is 1. The lowest BCUT2D eigenvalue weighted by Gasteiger charge is -2.24. The zero-order chi connectivity index (χ0) is 10.4. The highest BCUT2D eigenvalue weighted by atomic mass is 15.1. The SMILES string of the molecule is CCCCNCC(C)N(C)CC1CC1. The van der Waals surface area contributed by atoms with E-state index >= 15 is 0 Å². The molecular formula is C12H26N2. The van der Waals surface area contributed by atoms with Crippen molar-refractivity contribution in [2.24, 2.45) is 5.92 Å². The molecule has 0 aromatic carbocycles. The van der Waals surface area contributed by atoms with Crippen molar-refractivity contribution in [1.29, 1.82) is 0 Å². The van der Waals surface area contributed by atoms with Crippen LogP contribution in [0.25, 0.3) is 0 Å². The molecule has 2 heteroatoms. The molecule has 2 nitrogen and oxygen atoms in total. The molecule has 0 heterocycles. The van der Waals surface area contributed by atoms with Crippen molar-refractivity contribution in [3.05, 3.63) is 0 Å². The summed E-state index contributed by atoms with van der Waals surface area (Å²) in [7, 11) is 2.25. The second kappa shape index (κ2) is 6.41. The number of nitrogens with zero attached hydrogens (tertiary/aromatic N) is 1. The van der Waals surface area contributed by atoms with Gasteiger partial charge in [0.25, 0.3) is 0 Å². The van der Waals surface area contributed by atoms with Gasteiger partial charge in [0.1, 0.15) is 0 Å². The largest absolute Gasteiger partial charge is 0.315 e. The van der Waals surface area contributed by atoms with E-state index in [1.165, 1.54) is 38.8 Å². The van der Waals surface area contributed by atoms with Gasteiger partial charge in [-0.3, -0.25) is 0 Å². The number of likely N-dealkylation sites (N-methyl/N-ethyl adjacent to an activating group) is 1. The lowest BCUT2D eigenvalue weighted by molar-refractivity contribution is 0.241. The number of rotatable bonds is 8. The molecular weight excluding hydrogens is 172 g/mol. The average molecular weight is 198 g/mol. The van der Waals surface area contributed by atoms with E-state index in [0.29, 0.717) is 6.04 Å². The Morgan fingerprint density at radius 2 is 2.14 bits per heavy atom. The first kappa shape index (κ1) is 12.0. The highest BCUT2D eigenvalue weighted by Gasteiger charge is 2.24. The lowest BCUT2D eigenvalue weighted by atomic mass is 10.2. The summed E-state index contributed by atoms with van der Waals surface area (Å²) in [6, 6.07) is 0.687. The van der Waals surface area contributed by atoms with Gasteiger partial charge in [0.05, 0.1) is 0 Å². The molecule has 0 radical (unpaired) electrons. The van der Waals surface area contributed by atoms with Gasteiger partial charge in [-0.1, -0.05) is 13.3 Å². The zero-order valence-corrected chi connectivity index (χ0v) is 10.1. The minimum Gasteiger partial charge on any atom is -0.315 e. The van der Waals surface area contributed by atoms with E-state index in [9.17, 15) is 0 Å². The summed E-state index contributed by atoms with van der Waals surface area (Å²) in [6.07, 6.45) is 5.51. The van der Waals surface area contributed by atoms with Crippen molar-refractivity contribution in [1.82, 2.24) is 10.2 Å². The summed E-state index contributed by atoms with van der Waals surface area (Å²) in [6.45, 7) is 8.18. The van der Waals surface area contributed by atoms with Gasteiger partial charge in [-0.25, -0.2) is 0 Å². The topological polar surface area (TPSA) is 15.3 Å². The smallest absolute Gasteiger partial charge is 0.0189 e. The van der Waals surface area contributed by atoms with E-state index in [1.54, 1.807) is 0 Å². The van der Waals surface area contributed by atoms with Crippen LogP contribution in [0.1, 0.15) is 39.5 Å². The first-order valence-electron chi connectivity index (χ1n) is 6.15. The Balaban J connectivity index is 1.97. The number of hydrogen-bond donors (Lipinski definition) is 1. The lowest BCUT2D eigenvalue weighted by Crippen LogP contribution is -2.39. The molecule has 0 saturated heterocycles. The first-order valence-corrected chi connectivity index (χ1v) is 6.15. The third kappa shape index (κ3) is 4.97. The van der Waals surface area contributed by atoms with Gasteiger partial charge in [-0.2, -0.15) is 0 Å². The van der Waals surface area contributed by atoms with E-state index in [4.69, 9.17) is 0 Å². The molecule has 84 valence electrons. The molecule has 0 aliphatic heterocycles. The van der Waals surface area contributed by atoms with Crippen molar-refractivity contribution >= 4 is 0 Å². The zero-order valence-electron chi connectivity index (χ0n) is 10.1. The fourth-order valence-electron chi connectivity index (χ4n) is 1.66. The number of hydrogen-bond acceptors (Lipinski definition) is 2. The van der Waals surface area contributed by atoms with E-state index in [-0.39, 0.29) is 0 Å². The molecule has 1 atom stereocenters. The van der Waals surface area contributed by atoms with Gasteiger partial charge in [0.2, 0.25) is 0 Å². The van der Waals surface area contributed by atoms with Crippen LogP contribution >= 0.6 is 0 Å². The van der Waals surface area contributed by atoms with Crippen molar-refractivity contribution in [2.75, 3.05) is 26.7 Å². The Labute approximate surface area is 89.1 Å². The monoisotopic (exact) mass is 198 g/mol. The molecule has 1 unspecified atom stereocenters. The molecule has 14 heavy (non-hydrogen) atoms. The summed E-state index contributed by atoms with van der Waals surface area (Å²) >= 11 is 0. The van der Waals surface area contributed by atoms with Crippen LogP contribution in [0.2, 0.25) is 0 Å². The number of unbranched alkanes of at least 4 members (excludes halogenated alkanes) is 1. The summed E-state index contributed by atoms with van der Waals surface area (Å²) < 4.78 is 0. The second-order valence-corrected chi connectivity index (χ2v) is 4.79. The fraction of sp³-hybridized carbons (Fsp3) is 1.00. The Kier molecular flexibility index (Phi) is 5.49. The minimum atomic E-state index is 0.687. The molecule has 0 spiro atoms. The van der Waals surface area contributed by atoms with E-state index in [2.05, 4.69) is 31.1 Å². The molecule has 0 amide bonds. The highest BCUT2D eigenvalue weighted by Crippen LogP contribution is 2.29. The first-order chi connectivity index (χ1) is 6.74. The predicted molar refractivity (Wildman–Crippen MR) is 62.6 cm³/mol. The normalized spacial score (nSPS) is 18.9. The standard InChI is InChI=1S/C12H26N2/c1-4-5-8-13-9-11(2)14(3)10-12-6-7-12/h11-13H,4-10H2,1-3H3. The van der Waals surface area contributed by atoms with Crippen molar-refractivity contribution < 1.29 is 0 Å². The quantitative estimate of drug-likeness (QED) is 0.601. The molecule has 1 fully saturated rings.